The van der Waals surface area contributed by atoms with E-state index >= 15 is 0 Å². The molecular formula is C13H14F2N2S. The minimum Gasteiger partial charge on any atom is -0.311 e. The lowest BCUT2D eigenvalue weighted by Crippen LogP contribution is -2.26. The Morgan fingerprint density at radius 3 is 2.44 bits per heavy atom. The first-order valence-electron chi connectivity index (χ1n) is 5.74. The van der Waals surface area contributed by atoms with Crippen LogP contribution in [0.15, 0.2) is 12.1 Å². The molecule has 0 atom stereocenters. The molecule has 0 spiro atoms. The molecule has 1 N–H and O–H groups in total. The van der Waals surface area contributed by atoms with Crippen molar-refractivity contribution < 1.29 is 8.78 Å². The van der Waals surface area contributed by atoms with Crippen LogP contribution in [0, 0.1) is 23.0 Å². The summed E-state index contributed by atoms with van der Waals surface area (Å²) in [6.07, 6.45) is 4.36. The van der Waals surface area contributed by atoms with E-state index < -0.39 is 11.6 Å². The second-order valence-corrected chi connectivity index (χ2v) is 5.80. The Morgan fingerprint density at radius 2 is 2.00 bits per heavy atom. The van der Waals surface area contributed by atoms with Crippen LogP contribution in [0.1, 0.15) is 24.0 Å². The zero-order valence-corrected chi connectivity index (χ0v) is 10.9. The van der Waals surface area contributed by atoms with Crippen molar-refractivity contribution in [3.63, 3.8) is 0 Å². The third kappa shape index (κ3) is 2.82. The number of hydrogen-bond acceptors (Lipinski definition) is 3. The van der Waals surface area contributed by atoms with Gasteiger partial charge in [-0.15, -0.1) is 0 Å². The van der Waals surface area contributed by atoms with Crippen molar-refractivity contribution in [2.45, 2.75) is 24.1 Å². The van der Waals surface area contributed by atoms with Gasteiger partial charge in [0, 0.05) is 23.4 Å². The van der Waals surface area contributed by atoms with E-state index in [0.29, 0.717) is 0 Å². The SMILES string of the molecule is CSC1(CNCc2c(F)cc(C#N)cc2F)CC1. The molecule has 0 aliphatic heterocycles. The largest absolute Gasteiger partial charge is 0.311 e. The van der Waals surface area contributed by atoms with Gasteiger partial charge in [0.1, 0.15) is 11.6 Å². The molecule has 1 aliphatic carbocycles. The van der Waals surface area contributed by atoms with Crippen LogP contribution < -0.4 is 5.32 Å². The molecule has 0 radical (unpaired) electrons. The Labute approximate surface area is 109 Å². The number of benzene rings is 1. The Hall–Kier alpha value is -1.12. The predicted molar refractivity (Wildman–Crippen MR) is 68.3 cm³/mol. The Morgan fingerprint density at radius 1 is 1.39 bits per heavy atom. The van der Waals surface area contributed by atoms with E-state index in [4.69, 9.17) is 5.26 Å². The summed E-state index contributed by atoms with van der Waals surface area (Å²) in [6, 6.07) is 3.87. The molecular weight excluding hydrogens is 254 g/mol. The van der Waals surface area contributed by atoms with Gasteiger partial charge in [-0.25, -0.2) is 8.78 Å². The lowest BCUT2D eigenvalue weighted by atomic mass is 10.1. The summed E-state index contributed by atoms with van der Waals surface area (Å²) in [5.74, 6) is -1.32. The quantitative estimate of drug-likeness (QED) is 0.892. The lowest BCUT2D eigenvalue weighted by molar-refractivity contribution is 0.533. The van der Waals surface area contributed by atoms with Gasteiger partial charge in [-0.2, -0.15) is 17.0 Å². The van der Waals surface area contributed by atoms with Crippen LogP contribution >= 0.6 is 11.8 Å². The van der Waals surface area contributed by atoms with Gasteiger partial charge in [0.25, 0.3) is 0 Å². The summed E-state index contributed by atoms with van der Waals surface area (Å²) >= 11 is 1.79. The average molecular weight is 268 g/mol. The summed E-state index contributed by atoms with van der Waals surface area (Å²) in [6.45, 7) is 0.915. The second kappa shape index (κ2) is 5.25. The highest BCUT2D eigenvalue weighted by molar-refractivity contribution is 8.00. The van der Waals surface area contributed by atoms with Crippen LogP contribution in [0.25, 0.3) is 0 Å². The van der Waals surface area contributed by atoms with E-state index in [0.717, 1.165) is 31.5 Å². The minimum absolute atomic E-state index is 0.00547. The smallest absolute Gasteiger partial charge is 0.131 e. The number of hydrogen-bond donors (Lipinski definition) is 1. The van der Waals surface area contributed by atoms with Gasteiger partial charge >= 0.3 is 0 Å². The van der Waals surface area contributed by atoms with Gasteiger partial charge in [-0.3, -0.25) is 0 Å². The van der Waals surface area contributed by atoms with Gasteiger partial charge in [-0.05, 0) is 31.2 Å². The summed E-state index contributed by atoms with van der Waals surface area (Å²) in [5, 5.41) is 11.7. The molecule has 1 aliphatic rings. The zero-order chi connectivity index (χ0) is 13.2. The summed E-state index contributed by atoms with van der Waals surface area (Å²) in [7, 11) is 0. The Bertz CT molecular complexity index is 469. The van der Waals surface area contributed by atoms with E-state index in [1.165, 1.54) is 0 Å². The molecule has 18 heavy (non-hydrogen) atoms. The van der Waals surface area contributed by atoms with Crippen LogP contribution in [0.5, 0.6) is 0 Å². The molecule has 1 saturated carbocycles. The fourth-order valence-corrected chi connectivity index (χ4v) is 2.60. The van der Waals surface area contributed by atoms with E-state index in [9.17, 15) is 8.78 Å². The van der Waals surface area contributed by atoms with E-state index in [-0.39, 0.29) is 22.4 Å². The van der Waals surface area contributed by atoms with E-state index in [2.05, 4.69) is 11.6 Å². The van der Waals surface area contributed by atoms with Crippen LogP contribution in [-0.4, -0.2) is 17.5 Å². The molecule has 96 valence electrons. The van der Waals surface area contributed by atoms with Crippen molar-refractivity contribution in [3.05, 3.63) is 34.9 Å². The number of rotatable bonds is 5. The zero-order valence-electron chi connectivity index (χ0n) is 10.1. The molecule has 0 heterocycles. The van der Waals surface area contributed by atoms with Gasteiger partial charge in [-0.1, -0.05) is 0 Å². The molecule has 1 aromatic rings. The Balaban J connectivity index is 1.99. The number of halogens is 2. The minimum atomic E-state index is -0.659. The number of nitrogens with one attached hydrogen (secondary N) is 1. The Kier molecular flexibility index (Phi) is 3.88. The number of nitrogens with zero attached hydrogens (tertiary/aromatic N) is 1. The third-order valence-corrected chi connectivity index (χ3v) is 4.68. The summed E-state index contributed by atoms with van der Waals surface area (Å²) in [5.41, 5.74) is 0.0161. The number of nitriles is 1. The fraction of sp³-hybridized carbons (Fsp3) is 0.462. The standard InChI is InChI=1S/C13H14F2N2S/c1-18-13(2-3-13)8-17-7-10-11(14)4-9(6-16)5-12(10)15/h4-5,17H,2-3,7-8H2,1H3. The maximum atomic E-state index is 13.6. The first-order chi connectivity index (χ1) is 8.60. The molecule has 0 saturated heterocycles. The van der Waals surface area contributed by atoms with Crippen molar-refractivity contribution in [2.75, 3.05) is 12.8 Å². The predicted octanol–water partition coefficient (Wildman–Crippen LogP) is 2.82. The van der Waals surface area contributed by atoms with Gasteiger partial charge < -0.3 is 5.32 Å². The van der Waals surface area contributed by atoms with E-state index in [1.54, 1.807) is 17.8 Å². The first kappa shape index (κ1) is 13.3. The molecule has 0 amide bonds. The topological polar surface area (TPSA) is 35.8 Å². The highest BCUT2D eigenvalue weighted by atomic mass is 32.2. The van der Waals surface area contributed by atoms with Crippen molar-refractivity contribution in [1.29, 1.82) is 5.26 Å². The fourth-order valence-electron chi connectivity index (χ4n) is 1.84. The highest BCUT2D eigenvalue weighted by Gasteiger charge is 2.41. The third-order valence-electron chi connectivity index (χ3n) is 3.26. The molecule has 5 heteroatoms. The molecule has 1 aromatic carbocycles. The highest BCUT2D eigenvalue weighted by Crippen LogP contribution is 2.46. The first-order valence-corrected chi connectivity index (χ1v) is 6.96. The van der Waals surface area contributed by atoms with Gasteiger partial charge in [0.2, 0.25) is 0 Å². The lowest BCUT2D eigenvalue weighted by Gasteiger charge is -2.13. The van der Waals surface area contributed by atoms with Crippen molar-refractivity contribution >= 4 is 11.8 Å². The van der Waals surface area contributed by atoms with Crippen LogP contribution in [0.3, 0.4) is 0 Å². The molecule has 0 unspecified atom stereocenters. The summed E-state index contributed by atoms with van der Waals surface area (Å²) in [4.78, 5) is 0. The van der Waals surface area contributed by atoms with Crippen molar-refractivity contribution in [3.8, 4) is 6.07 Å². The van der Waals surface area contributed by atoms with Gasteiger partial charge in [0.05, 0.1) is 11.6 Å². The molecule has 0 bridgehead atoms. The maximum Gasteiger partial charge on any atom is 0.131 e. The van der Waals surface area contributed by atoms with Crippen LogP contribution in [0.2, 0.25) is 0 Å². The number of thioether (sulfide) groups is 1. The molecule has 2 rings (SSSR count). The maximum absolute atomic E-state index is 13.6. The average Bonchev–Trinajstić information content (AvgIpc) is 3.13. The summed E-state index contributed by atoms with van der Waals surface area (Å²) < 4.78 is 27.4. The van der Waals surface area contributed by atoms with Crippen molar-refractivity contribution in [2.24, 2.45) is 0 Å². The normalized spacial score (nSPS) is 16.3. The molecule has 1 fully saturated rings. The van der Waals surface area contributed by atoms with Crippen molar-refractivity contribution in [1.82, 2.24) is 5.32 Å². The molecule has 0 aromatic heterocycles. The van der Waals surface area contributed by atoms with Gasteiger partial charge in [0.15, 0.2) is 0 Å². The van der Waals surface area contributed by atoms with Crippen LogP contribution in [-0.2, 0) is 6.54 Å². The second-order valence-electron chi connectivity index (χ2n) is 4.52. The van der Waals surface area contributed by atoms with Crippen LogP contribution in [0.4, 0.5) is 8.78 Å². The van der Waals surface area contributed by atoms with E-state index in [1.807, 2.05) is 0 Å². The monoisotopic (exact) mass is 268 g/mol. The molecule has 2 nitrogen and oxygen atoms in total.